The quantitative estimate of drug-likeness (QED) is 0.461. The van der Waals surface area contributed by atoms with Gasteiger partial charge in [0.15, 0.2) is 0 Å². The van der Waals surface area contributed by atoms with Crippen molar-refractivity contribution < 1.29 is 14.3 Å². The van der Waals surface area contributed by atoms with Crippen LogP contribution in [0.25, 0.3) is 0 Å². The van der Waals surface area contributed by atoms with Crippen molar-refractivity contribution >= 4 is 11.9 Å². The fourth-order valence-corrected chi connectivity index (χ4v) is 1.51. The molecule has 4 nitrogen and oxygen atoms in total. The van der Waals surface area contributed by atoms with E-state index in [2.05, 4.69) is 6.92 Å². The van der Waals surface area contributed by atoms with Crippen molar-refractivity contribution in [1.82, 2.24) is 4.90 Å². The van der Waals surface area contributed by atoms with Crippen LogP contribution in [0.4, 0.5) is 0 Å². The van der Waals surface area contributed by atoms with Crippen LogP contribution in [0.2, 0.25) is 0 Å². The predicted octanol–water partition coefficient (Wildman–Crippen LogP) is 2.37. The summed E-state index contributed by atoms with van der Waals surface area (Å²) in [7, 11) is 1.74. The predicted molar refractivity (Wildman–Crippen MR) is 67.6 cm³/mol. The van der Waals surface area contributed by atoms with Gasteiger partial charge in [-0.2, -0.15) is 0 Å². The number of unbranched alkanes of at least 4 members (excludes halogenated alkanes) is 3. The van der Waals surface area contributed by atoms with Gasteiger partial charge in [0, 0.05) is 20.0 Å². The minimum Gasteiger partial charge on any atom is -0.466 e. The van der Waals surface area contributed by atoms with Gasteiger partial charge in [-0.05, 0) is 13.3 Å². The minimum atomic E-state index is -0.238. The maximum Gasteiger partial charge on any atom is 0.307 e. The summed E-state index contributed by atoms with van der Waals surface area (Å²) in [5.74, 6) is -0.122. The first-order valence-electron chi connectivity index (χ1n) is 6.51. The van der Waals surface area contributed by atoms with Crippen molar-refractivity contribution in [3.05, 3.63) is 0 Å². The van der Waals surface area contributed by atoms with Gasteiger partial charge in [-0.15, -0.1) is 0 Å². The highest BCUT2D eigenvalue weighted by Gasteiger charge is 2.10. The van der Waals surface area contributed by atoms with E-state index < -0.39 is 0 Å². The summed E-state index contributed by atoms with van der Waals surface area (Å²) in [4.78, 5) is 24.4. The van der Waals surface area contributed by atoms with E-state index >= 15 is 0 Å². The number of rotatable bonds is 9. The summed E-state index contributed by atoms with van der Waals surface area (Å²) in [6.07, 6.45) is 5.27. The molecule has 0 atom stereocenters. The normalized spacial score (nSPS) is 10.1. The standard InChI is InChI=1S/C13H25NO3/c1-4-6-7-8-9-12(15)14(3)11-10-13(16)17-5-2/h4-11H2,1-3H3. The molecule has 0 bridgehead atoms. The van der Waals surface area contributed by atoms with Gasteiger partial charge in [0.1, 0.15) is 0 Å². The zero-order valence-corrected chi connectivity index (χ0v) is 11.3. The lowest BCUT2D eigenvalue weighted by molar-refractivity contribution is -0.143. The van der Waals surface area contributed by atoms with Crippen molar-refractivity contribution in [2.45, 2.75) is 52.4 Å². The summed E-state index contributed by atoms with van der Waals surface area (Å²) in [5, 5.41) is 0. The third-order valence-corrected chi connectivity index (χ3v) is 2.63. The first-order valence-corrected chi connectivity index (χ1v) is 6.51. The Morgan fingerprint density at radius 1 is 1.06 bits per heavy atom. The third-order valence-electron chi connectivity index (χ3n) is 2.63. The van der Waals surface area contributed by atoms with Crippen molar-refractivity contribution in [2.75, 3.05) is 20.2 Å². The highest BCUT2D eigenvalue weighted by atomic mass is 16.5. The van der Waals surface area contributed by atoms with E-state index in [1.54, 1.807) is 18.9 Å². The molecular formula is C13H25NO3. The molecule has 0 aliphatic heterocycles. The lowest BCUT2D eigenvalue weighted by Crippen LogP contribution is -2.29. The van der Waals surface area contributed by atoms with E-state index in [0.29, 0.717) is 19.6 Å². The molecule has 0 N–H and O–H groups in total. The van der Waals surface area contributed by atoms with Crippen LogP contribution in [-0.2, 0) is 14.3 Å². The molecule has 0 radical (unpaired) electrons. The maximum atomic E-state index is 11.7. The summed E-state index contributed by atoms with van der Waals surface area (Å²) < 4.78 is 4.81. The molecule has 0 spiro atoms. The first-order chi connectivity index (χ1) is 8.11. The second kappa shape index (κ2) is 10.1. The summed E-state index contributed by atoms with van der Waals surface area (Å²) >= 11 is 0. The van der Waals surface area contributed by atoms with Crippen LogP contribution in [0.3, 0.4) is 0 Å². The van der Waals surface area contributed by atoms with Gasteiger partial charge in [0.05, 0.1) is 13.0 Å². The molecule has 4 heteroatoms. The van der Waals surface area contributed by atoms with Crippen molar-refractivity contribution in [1.29, 1.82) is 0 Å². The van der Waals surface area contributed by atoms with Gasteiger partial charge in [-0.3, -0.25) is 9.59 Å². The van der Waals surface area contributed by atoms with E-state index in [-0.39, 0.29) is 18.3 Å². The van der Waals surface area contributed by atoms with Crippen molar-refractivity contribution in [2.24, 2.45) is 0 Å². The molecule has 0 heterocycles. The number of amides is 1. The first kappa shape index (κ1) is 15.9. The molecule has 0 aromatic carbocycles. The highest BCUT2D eigenvalue weighted by molar-refractivity contribution is 5.76. The molecular weight excluding hydrogens is 218 g/mol. The number of carbonyl (C=O) groups excluding carboxylic acids is 2. The molecule has 0 fully saturated rings. The SMILES string of the molecule is CCCCCCC(=O)N(C)CCC(=O)OCC. The Kier molecular flexibility index (Phi) is 9.49. The fourth-order valence-electron chi connectivity index (χ4n) is 1.51. The Balaban J connectivity index is 3.63. The molecule has 0 aromatic heterocycles. The van der Waals surface area contributed by atoms with Crippen LogP contribution in [0.15, 0.2) is 0 Å². The Morgan fingerprint density at radius 2 is 1.76 bits per heavy atom. The Bertz CT molecular complexity index is 229. The van der Waals surface area contributed by atoms with Gasteiger partial charge in [-0.1, -0.05) is 26.2 Å². The molecule has 1 amide bonds. The smallest absolute Gasteiger partial charge is 0.307 e. The zero-order chi connectivity index (χ0) is 13.1. The van der Waals surface area contributed by atoms with E-state index in [1.807, 2.05) is 0 Å². The minimum absolute atomic E-state index is 0.116. The number of esters is 1. The van der Waals surface area contributed by atoms with Crippen molar-refractivity contribution in [3.8, 4) is 0 Å². The number of carbonyl (C=O) groups is 2. The van der Waals surface area contributed by atoms with Gasteiger partial charge in [0.2, 0.25) is 5.91 Å². The molecule has 0 unspecified atom stereocenters. The van der Waals surface area contributed by atoms with Crippen LogP contribution in [0, 0.1) is 0 Å². The monoisotopic (exact) mass is 243 g/mol. The number of ether oxygens (including phenoxy) is 1. The maximum absolute atomic E-state index is 11.7. The molecule has 0 saturated heterocycles. The largest absolute Gasteiger partial charge is 0.466 e. The summed E-state index contributed by atoms with van der Waals surface area (Å²) in [5.41, 5.74) is 0. The van der Waals surface area contributed by atoms with E-state index in [1.165, 1.54) is 12.8 Å². The van der Waals surface area contributed by atoms with Crippen molar-refractivity contribution in [3.63, 3.8) is 0 Å². The molecule has 0 aromatic rings. The van der Waals surface area contributed by atoms with Gasteiger partial charge in [-0.25, -0.2) is 0 Å². The Hall–Kier alpha value is -1.06. The zero-order valence-electron chi connectivity index (χ0n) is 11.3. The van der Waals surface area contributed by atoms with Gasteiger partial charge >= 0.3 is 5.97 Å². The summed E-state index contributed by atoms with van der Waals surface area (Å²) in [6, 6.07) is 0. The van der Waals surface area contributed by atoms with E-state index in [0.717, 1.165) is 12.8 Å². The molecule has 100 valence electrons. The highest BCUT2D eigenvalue weighted by Crippen LogP contribution is 2.04. The van der Waals surface area contributed by atoms with Gasteiger partial charge < -0.3 is 9.64 Å². The van der Waals surface area contributed by atoms with Crippen LogP contribution < -0.4 is 0 Å². The lowest BCUT2D eigenvalue weighted by atomic mass is 10.1. The van der Waals surface area contributed by atoms with Gasteiger partial charge in [0.25, 0.3) is 0 Å². The third kappa shape index (κ3) is 8.72. The molecule has 0 rings (SSSR count). The number of hydrogen-bond acceptors (Lipinski definition) is 3. The fraction of sp³-hybridized carbons (Fsp3) is 0.846. The number of hydrogen-bond donors (Lipinski definition) is 0. The van der Waals surface area contributed by atoms with Crippen LogP contribution in [0.5, 0.6) is 0 Å². The average molecular weight is 243 g/mol. The lowest BCUT2D eigenvalue weighted by Gasteiger charge is -2.16. The molecule has 0 aliphatic carbocycles. The molecule has 17 heavy (non-hydrogen) atoms. The number of nitrogens with zero attached hydrogens (tertiary/aromatic N) is 1. The van der Waals surface area contributed by atoms with Crippen LogP contribution >= 0.6 is 0 Å². The average Bonchev–Trinajstić information content (AvgIpc) is 2.31. The topological polar surface area (TPSA) is 46.6 Å². The van der Waals surface area contributed by atoms with Crippen LogP contribution in [-0.4, -0.2) is 37.0 Å². The molecule has 0 saturated carbocycles. The second-order valence-electron chi connectivity index (χ2n) is 4.18. The Labute approximate surface area is 104 Å². The second-order valence-corrected chi connectivity index (χ2v) is 4.18. The summed E-state index contributed by atoms with van der Waals surface area (Å²) in [6.45, 7) is 4.77. The molecule has 0 aliphatic rings. The van der Waals surface area contributed by atoms with Crippen LogP contribution in [0.1, 0.15) is 52.4 Å². The van der Waals surface area contributed by atoms with E-state index in [4.69, 9.17) is 4.74 Å². The van der Waals surface area contributed by atoms with E-state index in [9.17, 15) is 9.59 Å². The Morgan fingerprint density at radius 3 is 2.35 bits per heavy atom.